The standard InChI is InChI=1S/C25H19N3O3S/c1-25(23(29)27-24-26-20-11-10-14(28(30)31)12-21(20)32-24)13-19-15-6-2-4-8-17(15)22(25)18-9-5-3-7-16(18)19/h2-12,19,22H,13H2,1H3,(H,26,27,29)/t19?,22?,25-/m0/s1. The Labute approximate surface area is 188 Å². The minimum Gasteiger partial charge on any atom is -0.301 e. The Morgan fingerprint density at radius 1 is 1.06 bits per heavy atom. The second-order valence-corrected chi connectivity index (χ2v) is 9.78. The first-order valence-electron chi connectivity index (χ1n) is 10.5. The van der Waals surface area contributed by atoms with Crippen LogP contribution in [0.2, 0.25) is 0 Å². The van der Waals surface area contributed by atoms with Gasteiger partial charge in [0, 0.05) is 24.0 Å². The number of nitro groups is 1. The van der Waals surface area contributed by atoms with E-state index in [0.29, 0.717) is 15.3 Å². The van der Waals surface area contributed by atoms with Crippen LogP contribution in [-0.2, 0) is 4.79 Å². The summed E-state index contributed by atoms with van der Waals surface area (Å²) in [6, 6.07) is 21.4. The number of thiazole rings is 1. The maximum atomic E-state index is 13.7. The molecule has 1 amide bonds. The van der Waals surface area contributed by atoms with Crippen molar-refractivity contribution in [3.8, 4) is 0 Å². The van der Waals surface area contributed by atoms with Gasteiger partial charge in [0.05, 0.1) is 20.6 Å². The average molecular weight is 442 g/mol. The fourth-order valence-corrected chi connectivity index (χ4v) is 6.40. The number of nitro benzene ring substituents is 1. The summed E-state index contributed by atoms with van der Waals surface area (Å²) >= 11 is 1.26. The Morgan fingerprint density at radius 3 is 2.31 bits per heavy atom. The van der Waals surface area contributed by atoms with Crippen LogP contribution in [0, 0.1) is 15.5 Å². The number of nitrogens with zero attached hydrogens (tertiary/aromatic N) is 2. The van der Waals surface area contributed by atoms with Crippen molar-refractivity contribution in [2.45, 2.75) is 25.2 Å². The van der Waals surface area contributed by atoms with Crippen LogP contribution in [0.15, 0.2) is 66.7 Å². The Hall–Kier alpha value is -3.58. The molecule has 3 aliphatic carbocycles. The predicted molar refractivity (Wildman–Crippen MR) is 124 cm³/mol. The van der Waals surface area contributed by atoms with Crippen molar-refractivity contribution in [3.63, 3.8) is 0 Å². The third-order valence-corrected chi connectivity index (χ3v) is 7.89. The number of hydrogen-bond acceptors (Lipinski definition) is 5. The fourth-order valence-electron chi connectivity index (χ4n) is 5.51. The predicted octanol–water partition coefficient (Wildman–Crippen LogP) is 5.83. The highest BCUT2D eigenvalue weighted by molar-refractivity contribution is 7.22. The summed E-state index contributed by atoms with van der Waals surface area (Å²) in [5, 5.41) is 14.6. The number of anilines is 1. The van der Waals surface area contributed by atoms with E-state index in [0.717, 1.165) is 6.42 Å². The molecule has 4 aromatic rings. The number of carbonyl (C=O) groups excluding carboxylic acids is 1. The molecule has 0 saturated carbocycles. The van der Waals surface area contributed by atoms with Crippen LogP contribution in [0.5, 0.6) is 0 Å². The monoisotopic (exact) mass is 441 g/mol. The van der Waals surface area contributed by atoms with Gasteiger partial charge in [0.2, 0.25) is 5.91 Å². The van der Waals surface area contributed by atoms with Gasteiger partial charge in [0.1, 0.15) is 0 Å². The zero-order valence-electron chi connectivity index (χ0n) is 17.2. The van der Waals surface area contributed by atoms with Gasteiger partial charge in [-0.05, 0) is 41.7 Å². The zero-order valence-corrected chi connectivity index (χ0v) is 18.1. The summed E-state index contributed by atoms with van der Waals surface area (Å²) in [4.78, 5) is 28.8. The average Bonchev–Trinajstić information content (AvgIpc) is 3.20. The molecule has 3 aliphatic rings. The fraction of sp³-hybridized carbons (Fsp3) is 0.200. The third-order valence-electron chi connectivity index (χ3n) is 6.95. The van der Waals surface area contributed by atoms with E-state index in [1.165, 1.54) is 45.7 Å². The van der Waals surface area contributed by atoms with Crippen LogP contribution in [0.3, 0.4) is 0 Å². The third kappa shape index (κ3) is 2.64. The van der Waals surface area contributed by atoms with Crippen LogP contribution in [0.4, 0.5) is 10.8 Å². The minimum atomic E-state index is -0.628. The summed E-state index contributed by atoms with van der Waals surface area (Å²) in [6.07, 6.45) is 0.730. The van der Waals surface area contributed by atoms with E-state index < -0.39 is 10.3 Å². The van der Waals surface area contributed by atoms with Crippen molar-refractivity contribution >= 4 is 38.3 Å². The minimum absolute atomic E-state index is 0.0174. The molecule has 1 N–H and O–H groups in total. The quantitative estimate of drug-likeness (QED) is 0.320. The second-order valence-electron chi connectivity index (χ2n) is 8.75. The molecule has 0 spiro atoms. The Morgan fingerprint density at radius 2 is 1.69 bits per heavy atom. The number of fused-ring (bicyclic) bond motifs is 2. The molecule has 6 nitrogen and oxygen atoms in total. The van der Waals surface area contributed by atoms with Crippen molar-refractivity contribution in [2.24, 2.45) is 5.41 Å². The zero-order chi connectivity index (χ0) is 22.0. The molecule has 1 aromatic heterocycles. The highest BCUT2D eigenvalue weighted by Crippen LogP contribution is 2.61. The molecule has 158 valence electrons. The largest absolute Gasteiger partial charge is 0.301 e. The van der Waals surface area contributed by atoms with E-state index in [-0.39, 0.29) is 23.4 Å². The molecular weight excluding hydrogens is 422 g/mol. The lowest BCUT2D eigenvalue weighted by atomic mass is 9.52. The maximum absolute atomic E-state index is 13.7. The van der Waals surface area contributed by atoms with Crippen LogP contribution in [0.25, 0.3) is 10.2 Å². The van der Waals surface area contributed by atoms with Crippen molar-refractivity contribution in [2.75, 3.05) is 5.32 Å². The van der Waals surface area contributed by atoms with E-state index in [2.05, 4.69) is 46.7 Å². The molecule has 1 heterocycles. The van der Waals surface area contributed by atoms with Gasteiger partial charge in [0.25, 0.3) is 5.69 Å². The molecule has 0 fully saturated rings. The Balaban J connectivity index is 1.39. The summed E-state index contributed by atoms with van der Waals surface area (Å²) in [5.74, 6) is 0.0848. The number of benzene rings is 3. The van der Waals surface area contributed by atoms with Gasteiger partial charge in [-0.2, -0.15) is 0 Å². The van der Waals surface area contributed by atoms with Crippen molar-refractivity contribution in [1.29, 1.82) is 0 Å². The molecule has 2 bridgehead atoms. The normalized spacial score (nSPS) is 22.9. The number of non-ortho nitro benzene ring substituents is 1. The van der Waals surface area contributed by atoms with Gasteiger partial charge >= 0.3 is 0 Å². The first-order valence-corrected chi connectivity index (χ1v) is 11.3. The second kappa shape index (κ2) is 6.71. The first kappa shape index (κ1) is 19.1. The van der Waals surface area contributed by atoms with Crippen LogP contribution in [-0.4, -0.2) is 15.8 Å². The summed E-state index contributed by atoms with van der Waals surface area (Å²) in [5.41, 5.74) is 5.10. The van der Waals surface area contributed by atoms with E-state index >= 15 is 0 Å². The SMILES string of the molecule is C[C@]1(C(=O)Nc2nc3ccc([N+](=O)[O-])cc3s2)CC2c3ccccc3C1c1ccccc12. The van der Waals surface area contributed by atoms with Crippen LogP contribution >= 0.6 is 11.3 Å². The number of rotatable bonds is 3. The van der Waals surface area contributed by atoms with E-state index in [4.69, 9.17) is 0 Å². The number of aromatic nitrogens is 1. The van der Waals surface area contributed by atoms with Gasteiger partial charge in [-0.15, -0.1) is 0 Å². The lowest BCUT2D eigenvalue weighted by Crippen LogP contribution is -2.47. The molecule has 1 atom stereocenters. The van der Waals surface area contributed by atoms with E-state index in [9.17, 15) is 14.9 Å². The van der Waals surface area contributed by atoms with Gasteiger partial charge < -0.3 is 5.32 Å². The first-order chi connectivity index (χ1) is 15.5. The topological polar surface area (TPSA) is 85.1 Å². The molecule has 7 rings (SSSR count). The van der Waals surface area contributed by atoms with Gasteiger partial charge in [0.15, 0.2) is 5.13 Å². The van der Waals surface area contributed by atoms with Crippen molar-refractivity contribution < 1.29 is 9.72 Å². The number of nitrogens with one attached hydrogen (secondary N) is 1. The molecule has 0 saturated heterocycles. The molecular formula is C25H19N3O3S. The lowest BCUT2D eigenvalue weighted by Gasteiger charge is -2.50. The van der Waals surface area contributed by atoms with E-state index in [1.807, 2.05) is 19.1 Å². The molecule has 0 unspecified atom stereocenters. The molecule has 0 aliphatic heterocycles. The highest BCUT2D eigenvalue weighted by Gasteiger charge is 2.53. The van der Waals surface area contributed by atoms with Gasteiger partial charge in [-0.25, -0.2) is 4.98 Å². The van der Waals surface area contributed by atoms with Gasteiger partial charge in [-0.1, -0.05) is 59.9 Å². The lowest BCUT2D eigenvalue weighted by molar-refractivity contribution is -0.384. The van der Waals surface area contributed by atoms with Crippen LogP contribution in [0.1, 0.15) is 47.4 Å². The van der Waals surface area contributed by atoms with E-state index in [1.54, 1.807) is 6.07 Å². The number of hydrogen-bond donors (Lipinski definition) is 1. The van der Waals surface area contributed by atoms with Gasteiger partial charge in [-0.3, -0.25) is 14.9 Å². The number of amides is 1. The number of carbonyl (C=O) groups is 1. The molecule has 7 heteroatoms. The Bertz CT molecular complexity index is 1380. The van der Waals surface area contributed by atoms with Crippen LogP contribution < -0.4 is 5.32 Å². The summed E-state index contributed by atoms with van der Waals surface area (Å²) < 4.78 is 0.681. The molecule has 0 radical (unpaired) electrons. The highest BCUT2D eigenvalue weighted by atomic mass is 32.1. The Kier molecular flexibility index (Phi) is 4.01. The van der Waals surface area contributed by atoms with Crippen molar-refractivity contribution in [1.82, 2.24) is 4.98 Å². The smallest absolute Gasteiger partial charge is 0.270 e. The summed E-state index contributed by atoms with van der Waals surface area (Å²) in [7, 11) is 0. The molecule has 32 heavy (non-hydrogen) atoms. The van der Waals surface area contributed by atoms with Crippen molar-refractivity contribution in [3.05, 3.63) is 99.1 Å². The maximum Gasteiger partial charge on any atom is 0.270 e. The molecule has 3 aromatic carbocycles. The summed E-state index contributed by atoms with van der Waals surface area (Å²) in [6.45, 7) is 2.05.